The van der Waals surface area contributed by atoms with Crippen molar-refractivity contribution in [3.8, 4) is 0 Å². The minimum Gasteiger partial charge on any atom is -0.478 e. The number of rotatable bonds is 3. The van der Waals surface area contributed by atoms with Crippen LogP contribution in [0.15, 0.2) is 24.8 Å². The Bertz CT molecular complexity index is 383. The molecule has 1 rings (SSSR count). The summed E-state index contributed by atoms with van der Waals surface area (Å²) in [5.41, 5.74) is 0.864. The van der Waals surface area contributed by atoms with Crippen LogP contribution in [0.5, 0.6) is 0 Å². The minimum absolute atomic E-state index is 0.282. The van der Waals surface area contributed by atoms with Gasteiger partial charge in [0.25, 0.3) is 0 Å². The van der Waals surface area contributed by atoms with Crippen LogP contribution in [0.1, 0.15) is 21.5 Å². The Morgan fingerprint density at radius 1 is 1.64 bits per heavy atom. The van der Waals surface area contributed by atoms with Gasteiger partial charge in [-0.25, -0.2) is 9.18 Å². The molecule has 0 aliphatic heterocycles. The van der Waals surface area contributed by atoms with E-state index in [1.807, 2.05) is 0 Å². The summed E-state index contributed by atoms with van der Waals surface area (Å²) in [6.07, 6.45) is 2.20. The van der Waals surface area contributed by atoms with Crippen LogP contribution < -0.4 is 0 Å². The summed E-state index contributed by atoms with van der Waals surface area (Å²) in [6, 6.07) is 2.90. The first-order valence-corrected chi connectivity index (χ1v) is 4.20. The summed E-state index contributed by atoms with van der Waals surface area (Å²) in [5, 5.41) is 8.65. The average Bonchev–Trinajstić information content (AvgIpc) is 2.13. The predicted molar refractivity (Wildman–Crippen MR) is 52.0 cm³/mol. The van der Waals surface area contributed by atoms with Crippen molar-refractivity contribution in [2.75, 3.05) is 0 Å². The van der Waals surface area contributed by atoms with Gasteiger partial charge in [-0.1, -0.05) is 12.1 Å². The fourth-order valence-corrected chi connectivity index (χ4v) is 1.27. The maximum Gasteiger partial charge on any atom is 0.338 e. The lowest BCUT2D eigenvalue weighted by Crippen LogP contribution is -2.04. The molecule has 1 N–H and O–H groups in total. The molecule has 74 valence electrons. The lowest BCUT2D eigenvalue weighted by molar-refractivity contribution is 0.0691. The van der Waals surface area contributed by atoms with Gasteiger partial charge in [0.1, 0.15) is 5.82 Å². The Hall–Kier alpha value is -1.64. The van der Waals surface area contributed by atoms with Crippen molar-refractivity contribution in [3.05, 3.63) is 47.3 Å². The number of benzene rings is 1. The highest BCUT2D eigenvalue weighted by Gasteiger charge is 2.13. The molecular formula is C11H11FO2. The maximum absolute atomic E-state index is 13.4. The summed E-state index contributed by atoms with van der Waals surface area (Å²) in [4.78, 5) is 10.6. The fourth-order valence-electron chi connectivity index (χ4n) is 1.27. The summed E-state index contributed by atoms with van der Waals surface area (Å²) < 4.78 is 13.4. The molecule has 0 aliphatic carbocycles. The van der Waals surface area contributed by atoms with Crippen LogP contribution in [0.3, 0.4) is 0 Å². The molecule has 0 amide bonds. The van der Waals surface area contributed by atoms with E-state index in [1.165, 1.54) is 6.07 Å². The number of hydrogen-bond acceptors (Lipinski definition) is 1. The zero-order chi connectivity index (χ0) is 10.7. The third-order valence-electron chi connectivity index (χ3n) is 2.09. The first kappa shape index (κ1) is 10.4. The van der Waals surface area contributed by atoms with Crippen LogP contribution in [0.25, 0.3) is 0 Å². The van der Waals surface area contributed by atoms with Gasteiger partial charge in [-0.2, -0.15) is 0 Å². The highest BCUT2D eigenvalue weighted by atomic mass is 19.1. The molecule has 1 aromatic rings. The second-order valence-electron chi connectivity index (χ2n) is 3.01. The van der Waals surface area contributed by atoms with E-state index in [0.29, 0.717) is 12.0 Å². The van der Waals surface area contributed by atoms with Crippen LogP contribution in [-0.2, 0) is 6.42 Å². The normalized spacial score (nSPS) is 9.86. The smallest absolute Gasteiger partial charge is 0.338 e. The van der Waals surface area contributed by atoms with Gasteiger partial charge in [0, 0.05) is 0 Å². The molecule has 0 atom stereocenters. The van der Waals surface area contributed by atoms with E-state index < -0.39 is 11.8 Å². The van der Waals surface area contributed by atoms with Crippen molar-refractivity contribution in [3.63, 3.8) is 0 Å². The first-order valence-electron chi connectivity index (χ1n) is 4.20. The number of carboxylic acid groups (broad SMARTS) is 1. The lowest BCUT2D eigenvalue weighted by atomic mass is 10.0. The number of allylic oxidation sites excluding steroid dienone is 1. The van der Waals surface area contributed by atoms with E-state index in [2.05, 4.69) is 6.58 Å². The molecule has 0 saturated heterocycles. The molecule has 2 nitrogen and oxygen atoms in total. The summed E-state index contributed by atoms with van der Waals surface area (Å²) in [5.74, 6) is -1.90. The third kappa shape index (κ3) is 1.82. The second kappa shape index (κ2) is 4.05. The van der Waals surface area contributed by atoms with Gasteiger partial charge in [-0.3, -0.25) is 0 Å². The quantitative estimate of drug-likeness (QED) is 0.751. The molecule has 0 aliphatic rings. The van der Waals surface area contributed by atoms with Gasteiger partial charge in [0.05, 0.1) is 5.56 Å². The van der Waals surface area contributed by atoms with E-state index in [1.54, 1.807) is 19.1 Å². The van der Waals surface area contributed by atoms with Crippen molar-refractivity contribution < 1.29 is 14.3 Å². The highest BCUT2D eigenvalue weighted by molar-refractivity contribution is 5.88. The van der Waals surface area contributed by atoms with Crippen molar-refractivity contribution in [2.45, 2.75) is 13.3 Å². The van der Waals surface area contributed by atoms with E-state index >= 15 is 0 Å². The Kier molecular flexibility index (Phi) is 3.02. The molecule has 0 aromatic heterocycles. The molecular weight excluding hydrogens is 183 g/mol. The summed E-state index contributed by atoms with van der Waals surface area (Å²) >= 11 is 0. The number of carboxylic acids is 1. The highest BCUT2D eigenvalue weighted by Crippen LogP contribution is 2.17. The average molecular weight is 194 g/mol. The van der Waals surface area contributed by atoms with Crippen LogP contribution in [0.4, 0.5) is 4.39 Å². The summed E-state index contributed by atoms with van der Waals surface area (Å²) in [6.45, 7) is 5.12. The van der Waals surface area contributed by atoms with Gasteiger partial charge in [0.15, 0.2) is 0 Å². The van der Waals surface area contributed by atoms with Crippen LogP contribution >= 0.6 is 0 Å². The number of aromatic carboxylic acids is 1. The molecule has 0 radical (unpaired) electrons. The zero-order valence-electron chi connectivity index (χ0n) is 7.88. The molecule has 0 saturated carbocycles. The second-order valence-corrected chi connectivity index (χ2v) is 3.01. The van der Waals surface area contributed by atoms with Gasteiger partial charge in [-0.15, -0.1) is 6.58 Å². The largest absolute Gasteiger partial charge is 0.478 e. The number of carbonyl (C=O) groups is 1. The molecule has 0 heterocycles. The van der Waals surface area contributed by atoms with E-state index in [9.17, 15) is 9.18 Å². The third-order valence-corrected chi connectivity index (χ3v) is 2.09. The predicted octanol–water partition coefficient (Wildman–Crippen LogP) is 2.56. The SMILES string of the molecule is C=CCc1ccc(C(=O)O)c(F)c1C. The van der Waals surface area contributed by atoms with E-state index in [4.69, 9.17) is 5.11 Å². The minimum atomic E-state index is -1.24. The van der Waals surface area contributed by atoms with Gasteiger partial charge in [-0.05, 0) is 30.5 Å². The molecule has 0 spiro atoms. The van der Waals surface area contributed by atoms with E-state index in [-0.39, 0.29) is 5.56 Å². The molecule has 0 bridgehead atoms. The standard InChI is InChI=1S/C11H11FO2/c1-3-4-8-5-6-9(11(13)14)10(12)7(8)2/h3,5-6H,1,4H2,2H3,(H,13,14). The van der Waals surface area contributed by atoms with Crippen LogP contribution in [-0.4, -0.2) is 11.1 Å². The first-order chi connectivity index (χ1) is 6.57. The Morgan fingerprint density at radius 2 is 2.29 bits per heavy atom. The van der Waals surface area contributed by atoms with Crippen molar-refractivity contribution in [1.29, 1.82) is 0 Å². The van der Waals surface area contributed by atoms with Gasteiger partial charge < -0.3 is 5.11 Å². The molecule has 0 fully saturated rings. The van der Waals surface area contributed by atoms with Gasteiger partial charge >= 0.3 is 5.97 Å². The number of halogens is 1. The van der Waals surface area contributed by atoms with E-state index in [0.717, 1.165) is 5.56 Å². The number of hydrogen-bond donors (Lipinski definition) is 1. The molecule has 3 heteroatoms. The van der Waals surface area contributed by atoms with Crippen molar-refractivity contribution in [2.24, 2.45) is 0 Å². The monoisotopic (exact) mass is 194 g/mol. The topological polar surface area (TPSA) is 37.3 Å². The van der Waals surface area contributed by atoms with Crippen molar-refractivity contribution >= 4 is 5.97 Å². The molecule has 0 unspecified atom stereocenters. The van der Waals surface area contributed by atoms with Crippen LogP contribution in [0, 0.1) is 12.7 Å². The van der Waals surface area contributed by atoms with Crippen LogP contribution in [0.2, 0.25) is 0 Å². The van der Waals surface area contributed by atoms with Crippen molar-refractivity contribution in [1.82, 2.24) is 0 Å². The Balaban J connectivity index is 3.25. The lowest BCUT2D eigenvalue weighted by Gasteiger charge is -2.06. The Labute approximate surface area is 81.7 Å². The maximum atomic E-state index is 13.4. The molecule has 1 aromatic carbocycles. The summed E-state index contributed by atoms with van der Waals surface area (Å²) in [7, 11) is 0. The zero-order valence-corrected chi connectivity index (χ0v) is 7.88. The Morgan fingerprint density at radius 3 is 2.79 bits per heavy atom. The van der Waals surface area contributed by atoms with Gasteiger partial charge in [0.2, 0.25) is 0 Å². The molecule has 14 heavy (non-hydrogen) atoms. The fraction of sp³-hybridized carbons (Fsp3) is 0.182.